The van der Waals surface area contributed by atoms with Gasteiger partial charge in [-0.05, 0) is 26.0 Å². The maximum Gasteiger partial charge on any atom is 0.257 e. The first kappa shape index (κ1) is 17.8. The maximum atomic E-state index is 12.8. The van der Waals surface area contributed by atoms with Gasteiger partial charge in [-0.15, -0.1) is 0 Å². The summed E-state index contributed by atoms with van der Waals surface area (Å²) in [7, 11) is 3.06. The normalized spacial score (nSPS) is 14.2. The predicted octanol–water partition coefficient (Wildman–Crippen LogP) is 1.95. The van der Waals surface area contributed by atoms with Gasteiger partial charge in [-0.3, -0.25) is 9.59 Å². The third kappa shape index (κ3) is 3.88. The zero-order valence-corrected chi connectivity index (χ0v) is 14.7. The molecule has 0 radical (unpaired) electrons. The van der Waals surface area contributed by atoms with Crippen molar-refractivity contribution in [1.82, 2.24) is 9.80 Å². The highest BCUT2D eigenvalue weighted by Crippen LogP contribution is 2.31. The molecule has 2 amide bonds. The van der Waals surface area contributed by atoms with Crippen LogP contribution in [0.15, 0.2) is 29.8 Å². The van der Waals surface area contributed by atoms with Crippen LogP contribution in [0.2, 0.25) is 0 Å². The van der Waals surface area contributed by atoms with Crippen molar-refractivity contribution in [2.75, 3.05) is 40.4 Å². The number of hydrogen-bond donors (Lipinski definition) is 0. The van der Waals surface area contributed by atoms with E-state index in [1.54, 1.807) is 41.2 Å². The molecule has 1 aliphatic rings. The monoisotopic (exact) mass is 332 g/mol. The van der Waals surface area contributed by atoms with Gasteiger partial charge in [0.1, 0.15) is 0 Å². The van der Waals surface area contributed by atoms with E-state index in [9.17, 15) is 9.59 Å². The number of methoxy groups -OCH3 is 2. The molecule has 1 heterocycles. The highest BCUT2D eigenvalue weighted by molar-refractivity contribution is 5.98. The van der Waals surface area contributed by atoms with Crippen molar-refractivity contribution < 1.29 is 19.1 Å². The molecule has 0 aliphatic carbocycles. The summed E-state index contributed by atoms with van der Waals surface area (Å²) in [6, 6.07) is 5.25. The summed E-state index contributed by atoms with van der Waals surface area (Å²) >= 11 is 0. The van der Waals surface area contributed by atoms with Crippen LogP contribution in [-0.2, 0) is 4.79 Å². The number of benzene rings is 1. The molecule has 0 saturated carbocycles. The van der Waals surface area contributed by atoms with Crippen LogP contribution in [0.5, 0.6) is 11.5 Å². The molecule has 2 rings (SSSR count). The van der Waals surface area contributed by atoms with Crippen LogP contribution in [-0.4, -0.2) is 62.0 Å². The molecule has 0 N–H and O–H groups in total. The molecule has 1 aromatic carbocycles. The van der Waals surface area contributed by atoms with Crippen molar-refractivity contribution in [3.8, 4) is 11.5 Å². The number of rotatable bonds is 4. The van der Waals surface area contributed by atoms with Crippen LogP contribution in [0, 0.1) is 0 Å². The topological polar surface area (TPSA) is 59.1 Å². The summed E-state index contributed by atoms with van der Waals surface area (Å²) in [5.74, 6) is 0.856. The average molecular weight is 332 g/mol. The number of amides is 2. The molecule has 0 spiro atoms. The number of hydrogen-bond acceptors (Lipinski definition) is 4. The Bertz CT molecular complexity index is 642. The first-order valence-electron chi connectivity index (χ1n) is 7.92. The third-order valence-corrected chi connectivity index (χ3v) is 3.92. The Morgan fingerprint density at radius 2 is 1.62 bits per heavy atom. The molecule has 24 heavy (non-hydrogen) atoms. The lowest BCUT2D eigenvalue weighted by Crippen LogP contribution is -2.50. The minimum Gasteiger partial charge on any atom is -0.493 e. The fourth-order valence-electron chi connectivity index (χ4n) is 2.69. The lowest BCUT2D eigenvalue weighted by atomic mass is 10.1. The van der Waals surface area contributed by atoms with Gasteiger partial charge in [0.15, 0.2) is 11.5 Å². The number of allylic oxidation sites excluding steroid dienone is 1. The maximum absolute atomic E-state index is 12.8. The smallest absolute Gasteiger partial charge is 0.257 e. The second kappa shape index (κ2) is 7.86. The van der Waals surface area contributed by atoms with E-state index >= 15 is 0 Å². The van der Waals surface area contributed by atoms with E-state index in [1.165, 1.54) is 7.11 Å². The van der Waals surface area contributed by atoms with Gasteiger partial charge in [0.05, 0.1) is 19.8 Å². The van der Waals surface area contributed by atoms with E-state index in [0.29, 0.717) is 43.2 Å². The van der Waals surface area contributed by atoms with Crippen molar-refractivity contribution >= 4 is 11.8 Å². The molecule has 0 bridgehead atoms. The van der Waals surface area contributed by atoms with E-state index in [4.69, 9.17) is 9.47 Å². The van der Waals surface area contributed by atoms with Gasteiger partial charge >= 0.3 is 0 Å². The SMILES string of the molecule is COc1cccc(C(=O)N2CCN(C(=O)C=C(C)C)CC2)c1OC. The summed E-state index contributed by atoms with van der Waals surface area (Å²) < 4.78 is 10.6. The average Bonchev–Trinajstić information content (AvgIpc) is 2.59. The molecule has 1 aromatic rings. The molecule has 1 saturated heterocycles. The number of para-hydroxylation sites is 1. The fourth-order valence-corrected chi connectivity index (χ4v) is 2.69. The zero-order chi connectivity index (χ0) is 17.7. The Kier molecular flexibility index (Phi) is 5.84. The number of piperazine rings is 1. The number of carbonyl (C=O) groups is 2. The van der Waals surface area contributed by atoms with Gasteiger partial charge in [-0.1, -0.05) is 11.6 Å². The largest absolute Gasteiger partial charge is 0.493 e. The Balaban J connectivity index is 2.09. The van der Waals surface area contributed by atoms with Crippen molar-refractivity contribution in [3.63, 3.8) is 0 Å². The second-order valence-electron chi connectivity index (χ2n) is 5.88. The van der Waals surface area contributed by atoms with Crippen LogP contribution in [0.4, 0.5) is 0 Å². The van der Waals surface area contributed by atoms with E-state index in [-0.39, 0.29) is 11.8 Å². The standard InChI is InChI=1S/C18H24N2O4/c1-13(2)12-16(21)19-8-10-20(11-9-19)18(22)14-6-5-7-15(23-3)17(14)24-4/h5-7,12H,8-11H2,1-4H3. The molecule has 1 aliphatic heterocycles. The summed E-state index contributed by atoms with van der Waals surface area (Å²) in [5.41, 5.74) is 1.44. The van der Waals surface area contributed by atoms with Crippen LogP contribution in [0.25, 0.3) is 0 Å². The second-order valence-corrected chi connectivity index (χ2v) is 5.88. The van der Waals surface area contributed by atoms with Crippen molar-refractivity contribution in [3.05, 3.63) is 35.4 Å². The Hall–Kier alpha value is -2.50. The highest BCUT2D eigenvalue weighted by Gasteiger charge is 2.26. The van der Waals surface area contributed by atoms with Gasteiger partial charge < -0.3 is 19.3 Å². The van der Waals surface area contributed by atoms with Gasteiger partial charge in [-0.2, -0.15) is 0 Å². The molecule has 6 nitrogen and oxygen atoms in total. The summed E-state index contributed by atoms with van der Waals surface area (Å²) in [6.07, 6.45) is 1.63. The summed E-state index contributed by atoms with van der Waals surface area (Å²) in [6.45, 7) is 5.85. The minimum atomic E-state index is -0.111. The zero-order valence-electron chi connectivity index (χ0n) is 14.7. The quantitative estimate of drug-likeness (QED) is 0.791. The molecule has 1 fully saturated rings. The van der Waals surface area contributed by atoms with Crippen LogP contribution in [0.3, 0.4) is 0 Å². The van der Waals surface area contributed by atoms with Crippen molar-refractivity contribution in [2.24, 2.45) is 0 Å². The van der Waals surface area contributed by atoms with E-state index in [2.05, 4.69) is 0 Å². The molecular weight excluding hydrogens is 308 g/mol. The highest BCUT2D eigenvalue weighted by atomic mass is 16.5. The number of carbonyl (C=O) groups excluding carboxylic acids is 2. The van der Waals surface area contributed by atoms with Crippen LogP contribution >= 0.6 is 0 Å². The first-order valence-corrected chi connectivity index (χ1v) is 7.92. The van der Waals surface area contributed by atoms with Gasteiger partial charge in [-0.25, -0.2) is 0 Å². The molecule has 0 unspecified atom stereocenters. The molecule has 0 aromatic heterocycles. The molecule has 0 atom stereocenters. The van der Waals surface area contributed by atoms with Crippen LogP contribution in [0.1, 0.15) is 24.2 Å². The van der Waals surface area contributed by atoms with Gasteiger partial charge in [0.25, 0.3) is 5.91 Å². The summed E-state index contributed by atoms with van der Waals surface area (Å²) in [4.78, 5) is 28.3. The molecule has 6 heteroatoms. The number of nitrogens with zero attached hydrogens (tertiary/aromatic N) is 2. The Labute approximate surface area is 142 Å². The molecule has 130 valence electrons. The predicted molar refractivity (Wildman–Crippen MR) is 91.5 cm³/mol. The van der Waals surface area contributed by atoms with Crippen molar-refractivity contribution in [2.45, 2.75) is 13.8 Å². The third-order valence-electron chi connectivity index (χ3n) is 3.92. The van der Waals surface area contributed by atoms with E-state index in [0.717, 1.165) is 5.57 Å². The van der Waals surface area contributed by atoms with Gasteiger partial charge in [0.2, 0.25) is 5.91 Å². The lowest BCUT2D eigenvalue weighted by molar-refractivity contribution is -0.127. The lowest BCUT2D eigenvalue weighted by Gasteiger charge is -2.34. The van der Waals surface area contributed by atoms with E-state index < -0.39 is 0 Å². The summed E-state index contributed by atoms with van der Waals surface area (Å²) in [5, 5.41) is 0. The molecular formula is C18H24N2O4. The Morgan fingerprint density at radius 3 is 2.17 bits per heavy atom. The van der Waals surface area contributed by atoms with E-state index in [1.807, 2.05) is 13.8 Å². The van der Waals surface area contributed by atoms with Crippen molar-refractivity contribution in [1.29, 1.82) is 0 Å². The number of ether oxygens (including phenoxy) is 2. The minimum absolute atomic E-state index is 0.000981. The van der Waals surface area contributed by atoms with Gasteiger partial charge in [0, 0.05) is 32.3 Å². The Morgan fingerprint density at radius 1 is 1.00 bits per heavy atom. The fraction of sp³-hybridized carbons (Fsp3) is 0.444. The first-order chi connectivity index (χ1) is 11.5. The van der Waals surface area contributed by atoms with Crippen LogP contribution < -0.4 is 9.47 Å².